The molecule has 0 aromatic heterocycles. The second-order valence-corrected chi connectivity index (χ2v) is 11.9. The van der Waals surface area contributed by atoms with E-state index in [2.05, 4.69) is 0 Å². The maximum Gasteiger partial charge on any atom is 0.411 e. The fraction of sp³-hybridized carbons (Fsp3) is 0.278. The van der Waals surface area contributed by atoms with Crippen LogP contribution in [0.4, 0.5) is 4.79 Å². The highest BCUT2D eigenvalue weighted by atomic mass is 16.8. The Morgan fingerprint density at radius 2 is 1.26 bits per heavy atom. The van der Waals surface area contributed by atoms with Crippen molar-refractivity contribution in [3.63, 3.8) is 0 Å². The average Bonchev–Trinajstić information content (AvgIpc) is 3.79. The van der Waals surface area contributed by atoms with Crippen LogP contribution in [0.5, 0.6) is 0 Å². The molecule has 7 heteroatoms. The van der Waals surface area contributed by atoms with Crippen molar-refractivity contribution in [2.75, 3.05) is 0 Å². The molecule has 0 N–H and O–H groups in total. The van der Waals surface area contributed by atoms with Crippen LogP contribution in [-0.2, 0) is 32.1 Å². The molecule has 2 aliphatic heterocycles. The summed E-state index contributed by atoms with van der Waals surface area (Å²) < 4.78 is 11.9. The van der Waals surface area contributed by atoms with Crippen LogP contribution >= 0.6 is 0 Å². The molecule has 43 heavy (non-hydrogen) atoms. The summed E-state index contributed by atoms with van der Waals surface area (Å²) in [6.45, 7) is 5.75. The van der Waals surface area contributed by atoms with Gasteiger partial charge in [-0.25, -0.2) is 9.59 Å². The van der Waals surface area contributed by atoms with E-state index in [1.165, 1.54) is 0 Å². The molecule has 2 aliphatic rings. The number of ether oxygens (including phenoxy) is 2. The van der Waals surface area contributed by atoms with E-state index in [0.717, 1.165) is 22.3 Å². The Kier molecular flexibility index (Phi) is 7.77. The average molecular weight is 577 g/mol. The molecule has 2 fully saturated rings. The van der Waals surface area contributed by atoms with Gasteiger partial charge in [-0.2, -0.15) is 0 Å². The highest BCUT2D eigenvalue weighted by Crippen LogP contribution is 2.52. The van der Waals surface area contributed by atoms with Gasteiger partial charge in [0.05, 0.1) is 5.54 Å². The van der Waals surface area contributed by atoms with Gasteiger partial charge in [-0.05, 0) is 49.4 Å². The minimum Gasteiger partial charge on any atom is -0.459 e. The van der Waals surface area contributed by atoms with Crippen molar-refractivity contribution < 1.29 is 23.9 Å². The number of esters is 1. The van der Waals surface area contributed by atoms with Gasteiger partial charge in [-0.3, -0.25) is 9.74 Å². The standard InChI is InChI=1S/C36H36N2O5/c1-35(2,33(39)41-25-27-18-10-5-11-19-27)38-32(43-38)36(3,24-26-16-8-4-9-17-26)37-30(28-20-12-6-13-21-28)31(42-34(37)40)29-22-14-7-15-23-29/h4-23,30-32H,24-25H2,1-3H3/t30-,31+,32?,36+,38?/m0/s1. The first-order chi connectivity index (χ1) is 20.8. The smallest absolute Gasteiger partial charge is 0.411 e. The molecule has 4 aromatic carbocycles. The van der Waals surface area contributed by atoms with Crippen molar-refractivity contribution in [1.82, 2.24) is 9.96 Å². The normalized spacial score (nSPS) is 22.9. The van der Waals surface area contributed by atoms with E-state index in [1.54, 1.807) is 18.9 Å². The second kappa shape index (κ2) is 11.7. The number of nitrogens with zero attached hydrogens (tertiary/aromatic N) is 2. The molecule has 0 saturated carbocycles. The predicted octanol–water partition coefficient (Wildman–Crippen LogP) is 7.02. The molecule has 7 nitrogen and oxygen atoms in total. The van der Waals surface area contributed by atoms with E-state index in [-0.39, 0.29) is 6.61 Å². The van der Waals surface area contributed by atoms with E-state index < -0.39 is 41.5 Å². The van der Waals surface area contributed by atoms with Crippen molar-refractivity contribution in [1.29, 1.82) is 0 Å². The summed E-state index contributed by atoms with van der Waals surface area (Å²) in [6, 6.07) is 38.9. The van der Waals surface area contributed by atoms with E-state index in [0.29, 0.717) is 6.42 Å². The van der Waals surface area contributed by atoms with Crippen molar-refractivity contribution in [3.05, 3.63) is 144 Å². The molecule has 220 valence electrons. The Morgan fingerprint density at radius 3 is 1.84 bits per heavy atom. The summed E-state index contributed by atoms with van der Waals surface area (Å²) in [6.07, 6.45) is -1.08. The van der Waals surface area contributed by atoms with Gasteiger partial charge in [0.1, 0.15) is 18.2 Å². The van der Waals surface area contributed by atoms with Gasteiger partial charge in [-0.1, -0.05) is 121 Å². The number of hydrogen-bond donors (Lipinski definition) is 0. The minimum atomic E-state index is -1.11. The summed E-state index contributed by atoms with van der Waals surface area (Å²) in [7, 11) is 0. The maximum atomic E-state index is 14.0. The summed E-state index contributed by atoms with van der Waals surface area (Å²) in [5.74, 6) is -0.410. The number of rotatable bonds is 10. The van der Waals surface area contributed by atoms with E-state index >= 15 is 0 Å². The SMILES string of the molecule is CC(C)(C(=O)OCc1ccccc1)N1OC1[C@@](C)(Cc1ccccc1)N1C(=O)O[C@H](c2ccccc2)[C@@H]1c1ccccc1. The fourth-order valence-corrected chi connectivity index (χ4v) is 6.03. The molecule has 6 rings (SSSR count). The molecular weight excluding hydrogens is 540 g/mol. The minimum absolute atomic E-state index is 0.163. The molecule has 0 aliphatic carbocycles. The molecule has 2 unspecified atom stereocenters. The monoisotopic (exact) mass is 576 g/mol. The third-order valence-corrected chi connectivity index (χ3v) is 8.39. The lowest BCUT2D eigenvalue weighted by molar-refractivity contribution is -0.158. The summed E-state index contributed by atoms with van der Waals surface area (Å²) >= 11 is 0. The van der Waals surface area contributed by atoms with Crippen LogP contribution in [-0.4, -0.2) is 39.3 Å². The van der Waals surface area contributed by atoms with Crippen LogP contribution < -0.4 is 0 Å². The molecule has 2 saturated heterocycles. The lowest BCUT2D eigenvalue weighted by atomic mass is 9.85. The zero-order valence-corrected chi connectivity index (χ0v) is 24.6. The summed E-state index contributed by atoms with van der Waals surface area (Å²) in [5.41, 5.74) is 1.78. The van der Waals surface area contributed by atoms with E-state index in [4.69, 9.17) is 14.3 Å². The lowest BCUT2D eigenvalue weighted by Crippen LogP contribution is -2.56. The third kappa shape index (κ3) is 5.66. The molecule has 4 aromatic rings. The number of amides is 1. The number of carbonyl (C=O) groups is 2. The Bertz CT molecular complexity index is 1550. The second-order valence-electron chi connectivity index (χ2n) is 11.9. The molecule has 1 amide bonds. The Morgan fingerprint density at radius 1 is 0.744 bits per heavy atom. The van der Waals surface area contributed by atoms with Crippen molar-refractivity contribution in [2.45, 2.75) is 63.3 Å². The van der Waals surface area contributed by atoms with Gasteiger partial charge < -0.3 is 9.47 Å². The number of hydroxylamine groups is 2. The topological polar surface area (TPSA) is 71.4 Å². The van der Waals surface area contributed by atoms with Crippen LogP contribution in [0.2, 0.25) is 0 Å². The Hall–Kier alpha value is -4.46. The van der Waals surface area contributed by atoms with E-state index in [9.17, 15) is 9.59 Å². The zero-order chi connectivity index (χ0) is 30.0. The van der Waals surface area contributed by atoms with Crippen molar-refractivity contribution in [2.24, 2.45) is 0 Å². The van der Waals surface area contributed by atoms with Crippen LogP contribution in [0.3, 0.4) is 0 Å². The zero-order valence-electron chi connectivity index (χ0n) is 24.6. The molecule has 0 spiro atoms. The van der Waals surface area contributed by atoms with Crippen LogP contribution in [0.25, 0.3) is 0 Å². The maximum absolute atomic E-state index is 14.0. The van der Waals surface area contributed by atoms with Gasteiger partial charge in [0, 0.05) is 0 Å². The van der Waals surface area contributed by atoms with Gasteiger partial charge in [-0.15, -0.1) is 5.06 Å². The third-order valence-electron chi connectivity index (χ3n) is 8.39. The van der Waals surface area contributed by atoms with Crippen LogP contribution in [0.1, 0.15) is 55.2 Å². The number of carbonyl (C=O) groups excluding carboxylic acids is 2. The van der Waals surface area contributed by atoms with Crippen LogP contribution in [0.15, 0.2) is 121 Å². The highest BCUT2D eigenvalue weighted by Gasteiger charge is 2.65. The van der Waals surface area contributed by atoms with Gasteiger partial charge in [0.2, 0.25) is 0 Å². The molecular formula is C36H36N2O5. The summed E-state index contributed by atoms with van der Waals surface area (Å²) in [4.78, 5) is 35.5. The Labute approximate surface area is 252 Å². The molecule has 5 atom stereocenters. The molecule has 0 bridgehead atoms. The molecule has 0 radical (unpaired) electrons. The highest BCUT2D eigenvalue weighted by molar-refractivity contribution is 5.80. The number of cyclic esters (lactones) is 1. The van der Waals surface area contributed by atoms with Crippen molar-refractivity contribution >= 4 is 12.1 Å². The predicted molar refractivity (Wildman–Crippen MR) is 162 cm³/mol. The fourth-order valence-electron chi connectivity index (χ4n) is 6.03. The van der Waals surface area contributed by atoms with Crippen LogP contribution in [0, 0.1) is 0 Å². The summed E-state index contributed by atoms with van der Waals surface area (Å²) in [5, 5.41) is 1.66. The molecule has 2 heterocycles. The van der Waals surface area contributed by atoms with Gasteiger partial charge >= 0.3 is 12.1 Å². The quantitative estimate of drug-likeness (QED) is 0.149. The Balaban J connectivity index is 1.35. The first kappa shape index (κ1) is 28.6. The van der Waals surface area contributed by atoms with Gasteiger partial charge in [0.25, 0.3) is 0 Å². The van der Waals surface area contributed by atoms with Crippen molar-refractivity contribution in [3.8, 4) is 0 Å². The van der Waals surface area contributed by atoms with Gasteiger partial charge in [0.15, 0.2) is 12.3 Å². The first-order valence-corrected chi connectivity index (χ1v) is 14.6. The number of benzene rings is 4. The number of hydrogen-bond acceptors (Lipinski definition) is 6. The van der Waals surface area contributed by atoms with E-state index in [1.807, 2.05) is 133 Å². The largest absolute Gasteiger partial charge is 0.459 e. The first-order valence-electron chi connectivity index (χ1n) is 14.6. The lowest BCUT2D eigenvalue weighted by Gasteiger charge is -2.41.